The van der Waals surface area contributed by atoms with Gasteiger partial charge < -0.3 is 10.2 Å². The standard InChI is InChI=1S/C29H50N2O2/c1-28-12-11-22-21(23(28)18-24(27(28)33)30-13-5-3-6-14-30)10-9-20-17-26(32)25(19-29(20,22)2)31-15-7-4-8-16-31/h20-27,32-33H,3-19H2,1-2H3/t20?,21-,22+,23+,24?,25?,26?,27?,28+,29+/m1/s1. The Hall–Kier alpha value is -0.160. The van der Waals surface area contributed by atoms with Crippen molar-refractivity contribution in [2.24, 2.45) is 34.5 Å². The van der Waals surface area contributed by atoms with Gasteiger partial charge in [-0.3, -0.25) is 9.80 Å². The van der Waals surface area contributed by atoms with Gasteiger partial charge in [0.05, 0.1) is 12.2 Å². The van der Waals surface area contributed by atoms with Crippen molar-refractivity contribution in [1.82, 2.24) is 9.80 Å². The molecule has 6 fully saturated rings. The first-order valence-electron chi connectivity index (χ1n) is 14.8. The Morgan fingerprint density at radius 2 is 1.30 bits per heavy atom. The molecule has 188 valence electrons. The summed E-state index contributed by atoms with van der Waals surface area (Å²) < 4.78 is 0. The van der Waals surface area contributed by atoms with Gasteiger partial charge in [0.25, 0.3) is 0 Å². The average Bonchev–Trinajstić information content (AvgIpc) is 3.11. The predicted molar refractivity (Wildman–Crippen MR) is 133 cm³/mol. The van der Waals surface area contributed by atoms with Crippen LogP contribution in [0, 0.1) is 34.5 Å². The number of hydrogen-bond acceptors (Lipinski definition) is 4. The molecule has 0 aromatic rings. The minimum atomic E-state index is -0.138. The molecule has 10 atom stereocenters. The SMILES string of the molecule is C[C@]12CC(N3CCCCC3)C(O)CC1CC[C@@H]1[C@@H]2CC[C@]2(C)C(O)C(N3CCCCC3)C[C@@H]12. The van der Waals surface area contributed by atoms with Crippen LogP contribution in [-0.4, -0.2) is 70.5 Å². The van der Waals surface area contributed by atoms with Crippen molar-refractivity contribution in [2.45, 2.75) is 122 Å². The quantitative estimate of drug-likeness (QED) is 0.631. The van der Waals surface area contributed by atoms with E-state index in [9.17, 15) is 10.2 Å². The molecule has 0 aromatic carbocycles. The molecule has 2 heterocycles. The summed E-state index contributed by atoms with van der Waals surface area (Å²) in [4.78, 5) is 5.33. The van der Waals surface area contributed by atoms with Crippen molar-refractivity contribution in [2.75, 3.05) is 26.2 Å². The minimum Gasteiger partial charge on any atom is -0.391 e. The van der Waals surface area contributed by atoms with Gasteiger partial charge in [-0.2, -0.15) is 0 Å². The van der Waals surface area contributed by atoms with Gasteiger partial charge >= 0.3 is 0 Å². The van der Waals surface area contributed by atoms with Gasteiger partial charge in [-0.25, -0.2) is 0 Å². The minimum absolute atomic E-state index is 0.118. The molecule has 4 aliphatic carbocycles. The van der Waals surface area contributed by atoms with Gasteiger partial charge in [0.1, 0.15) is 0 Å². The van der Waals surface area contributed by atoms with Crippen LogP contribution in [0.15, 0.2) is 0 Å². The second kappa shape index (κ2) is 8.75. The topological polar surface area (TPSA) is 46.9 Å². The highest BCUT2D eigenvalue weighted by Crippen LogP contribution is 2.66. The number of fused-ring (bicyclic) bond motifs is 5. The van der Waals surface area contributed by atoms with Gasteiger partial charge in [-0.05, 0) is 131 Å². The summed E-state index contributed by atoms with van der Waals surface area (Å²) in [7, 11) is 0. The molecule has 2 N–H and O–H groups in total. The Kier molecular flexibility index (Phi) is 6.16. The van der Waals surface area contributed by atoms with Crippen LogP contribution in [0.1, 0.15) is 97.3 Å². The van der Waals surface area contributed by atoms with E-state index in [1.165, 1.54) is 103 Å². The second-order valence-corrected chi connectivity index (χ2v) is 13.7. The summed E-state index contributed by atoms with van der Waals surface area (Å²) in [5, 5.41) is 22.8. The summed E-state index contributed by atoms with van der Waals surface area (Å²) in [6.45, 7) is 9.88. The number of rotatable bonds is 2. The van der Waals surface area contributed by atoms with Gasteiger partial charge in [-0.15, -0.1) is 0 Å². The molecule has 33 heavy (non-hydrogen) atoms. The van der Waals surface area contributed by atoms with Crippen LogP contribution in [0.4, 0.5) is 0 Å². The lowest BCUT2D eigenvalue weighted by Crippen LogP contribution is -2.60. The highest BCUT2D eigenvalue weighted by Gasteiger charge is 2.63. The fourth-order valence-electron chi connectivity index (χ4n) is 10.5. The molecular formula is C29H50N2O2. The monoisotopic (exact) mass is 458 g/mol. The summed E-state index contributed by atoms with van der Waals surface area (Å²) in [5.41, 5.74) is 0.493. The lowest BCUT2D eigenvalue weighted by atomic mass is 9.44. The zero-order valence-electron chi connectivity index (χ0n) is 21.4. The van der Waals surface area contributed by atoms with Gasteiger partial charge in [0, 0.05) is 12.1 Å². The molecule has 0 aromatic heterocycles. The van der Waals surface area contributed by atoms with Crippen LogP contribution in [0.25, 0.3) is 0 Å². The van der Waals surface area contributed by atoms with Crippen molar-refractivity contribution in [3.63, 3.8) is 0 Å². The van der Waals surface area contributed by atoms with E-state index in [-0.39, 0.29) is 17.6 Å². The summed E-state index contributed by atoms with van der Waals surface area (Å²) in [6.07, 6.45) is 16.4. The molecule has 2 saturated heterocycles. The number of hydrogen-bond donors (Lipinski definition) is 2. The number of likely N-dealkylation sites (tertiary alicyclic amines) is 2. The van der Waals surface area contributed by atoms with E-state index in [0.29, 0.717) is 29.3 Å². The third-order valence-corrected chi connectivity index (χ3v) is 12.4. The number of aliphatic hydroxyl groups excluding tert-OH is 2. The van der Waals surface area contributed by atoms with Crippen LogP contribution in [-0.2, 0) is 0 Å². The molecule has 6 aliphatic rings. The summed E-state index contributed by atoms with van der Waals surface area (Å²) >= 11 is 0. The van der Waals surface area contributed by atoms with Gasteiger partial charge in [-0.1, -0.05) is 26.7 Å². The van der Waals surface area contributed by atoms with Crippen molar-refractivity contribution in [3.8, 4) is 0 Å². The Balaban J connectivity index is 1.24. The first-order chi connectivity index (χ1) is 15.9. The van der Waals surface area contributed by atoms with Crippen LogP contribution < -0.4 is 0 Å². The first-order valence-corrected chi connectivity index (χ1v) is 14.8. The van der Waals surface area contributed by atoms with Crippen LogP contribution >= 0.6 is 0 Å². The third kappa shape index (κ3) is 3.67. The Morgan fingerprint density at radius 1 is 0.667 bits per heavy atom. The van der Waals surface area contributed by atoms with E-state index in [0.717, 1.165) is 18.3 Å². The lowest BCUT2D eigenvalue weighted by Gasteiger charge is -2.62. The van der Waals surface area contributed by atoms with E-state index in [1.54, 1.807) is 0 Å². The molecular weight excluding hydrogens is 408 g/mol. The molecule has 6 rings (SSSR count). The van der Waals surface area contributed by atoms with Crippen molar-refractivity contribution in [1.29, 1.82) is 0 Å². The van der Waals surface area contributed by atoms with E-state index >= 15 is 0 Å². The van der Waals surface area contributed by atoms with Crippen LogP contribution in [0.5, 0.6) is 0 Å². The van der Waals surface area contributed by atoms with Crippen LogP contribution in [0.2, 0.25) is 0 Å². The maximum atomic E-state index is 11.6. The number of piperidine rings is 2. The third-order valence-electron chi connectivity index (χ3n) is 12.4. The number of aliphatic hydroxyl groups is 2. The molecule has 0 spiro atoms. The summed E-state index contributed by atoms with van der Waals surface area (Å²) in [6, 6.07) is 0.785. The second-order valence-electron chi connectivity index (χ2n) is 13.7. The van der Waals surface area contributed by atoms with E-state index in [4.69, 9.17) is 0 Å². The average molecular weight is 459 g/mol. The van der Waals surface area contributed by atoms with E-state index in [2.05, 4.69) is 23.6 Å². The number of nitrogens with zero attached hydrogens (tertiary/aromatic N) is 2. The fourth-order valence-corrected chi connectivity index (χ4v) is 10.5. The molecule has 2 aliphatic heterocycles. The van der Waals surface area contributed by atoms with Crippen molar-refractivity contribution >= 4 is 0 Å². The molecule has 0 radical (unpaired) electrons. The molecule has 0 amide bonds. The van der Waals surface area contributed by atoms with E-state index in [1.807, 2.05) is 0 Å². The maximum Gasteiger partial charge on any atom is 0.0751 e. The smallest absolute Gasteiger partial charge is 0.0751 e. The van der Waals surface area contributed by atoms with Gasteiger partial charge in [0.2, 0.25) is 0 Å². The Morgan fingerprint density at radius 3 is 1.97 bits per heavy atom. The highest BCUT2D eigenvalue weighted by atomic mass is 16.3. The molecule has 0 bridgehead atoms. The van der Waals surface area contributed by atoms with Gasteiger partial charge in [0.15, 0.2) is 0 Å². The molecule has 4 nitrogen and oxygen atoms in total. The largest absolute Gasteiger partial charge is 0.391 e. The zero-order valence-corrected chi connectivity index (χ0v) is 21.4. The molecule has 4 heteroatoms. The predicted octanol–water partition coefficient (Wildman–Crippen LogP) is 4.68. The molecule has 4 saturated carbocycles. The molecule has 5 unspecified atom stereocenters. The normalized spacial score (nSPS) is 53.8. The van der Waals surface area contributed by atoms with E-state index < -0.39 is 0 Å². The summed E-state index contributed by atoms with van der Waals surface area (Å²) in [5.74, 6) is 2.97. The lowest BCUT2D eigenvalue weighted by molar-refractivity contribution is -0.154. The van der Waals surface area contributed by atoms with Crippen molar-refractivity contribution in [3.05, 3.63) is 0 Å². The zero-order chi connectivity index (χ0) is 22.8. The Labute approximate surface area is 202 Å². The fraction of sp³-hybridized carbons (Fsp3) is 1.00. The highest BCUT2D eigenvalue weighted by molar-refractivity contribution is 5.14. The van der Waals surface area contributed by atoms with Crippen LogP contribution in [0.3, 0.4) is 0 Å². The maximum absolute atomic E-state index is 11.6. The van der Waals surface area contributed by atoms with Crippen molar-refractivity contribution < 1.29 is 10.2 Å². The first kappa shape index (κ1) is 23.3. The Bertz CT molecular complexity index is 704.